The fourth-order valence-electron chi connectivity index (χ4n) is 2.02. The Morgan fingerprint density at radius 1 is 1.05 bits per heavy atom. The van der Waals surface area contributed by atoms with Crippen molar-refractivity contribution in [3.05, 3.63) is 77.3 Å². The molecule has 3 aromatic rings. The van der Waals surface area contributed by atoms with Gasteiger partial charge in [0.25, 0.3) is 0 Å². The minimum atomic E-state index is -0.0790. The monoisotopic (exact) mass is 308 g/mol. The molecule has 0 saturated heterocycles. The van der Waals surface area contributed by atoms with Crippen LogP contribution in [0.3, 0.4) is 0 Å². The minimum Gasteiger partial charge on any atom is -0.388 e. The van der Waals surface area contributed by atoms with E-state index in [1.807, 2.05) is 73.0 Å². The first-order valence-electron chi connectivity index (χ1n) is 7.08. The Labute approximate surface area is 133 Å². The Kier molecular flexibility index (Phi) is 4.61. The van der Waals surface area contributed by atoms with Gasteiger partial charge in [-0.3, -0.25) is 0 Å². The van der Waals surface area contributed by atoms with E-state index in [0.717, 1.165) is 21.8 Å². The van der Waals surface area contributed by atoms with E-state index in [4.69, 9.17) is 4.84 Å². The van der Waals surface area contributed by atoms with Gasteiger partial charge in [0, 0.05) is 10.9 Å². The van der Waals surface area contributed by atoms with Crippen LogP contribution >= 0.6 is 11.3 Å². The van der Waals surface area contributed by atoms with E-state index < -0.39 is 0 Å². The molecule has 0 aliphatic heterocycles. The van der Waals surface area contributed by atoms with Crippen LogP contribution in [-0.2, 0) is 4.84 Å². The maximum atomic E-state index is 5.48. The summed E-state index contributed by atoms with van der Waals surface area (Å²) in [6.45, 7) is 1.98. The van der Waals surface area contributed by atoms with Gasteiger partial charge in [0.15, 0.2) is 0 Å². The Morgan fingerprint density at radius 3 is 2.45 bits per heavy atom. The fraction of sp³-hybridized carbons (Fsp3) is 0.111. The van der Waals surface area contributed by atoms with Crippen LogP contribution in [0, 0.1) is 0 Å². The molecule has 0 aliphatic carbocycles. The molecule has 110 valence electrons. The van der Waals surface area contributed by atoms with Crippen LogP contribution in [0.4, 0.5) is 0 Å². The van der Waals surface area contributed by atoms with Crippen LogP contribution in [0.5, 0.6) is 0 Å². The normalized spacial score (nSPS) is 12.4. The second kappa shape index (κ2) is 7.00. The van der Waals surface area contributed by atoms with E-state index in [0.29, 0.717) is 0 Å². The molecular weight excluding hydrogens is 292 g/mol. The quantitative estimate of drug-likeness (QED) is 0.495. The second-order valence-electron chi connectivity index (χ2n) is 4.84. The van der Waals surface area contributed by atoms with Crippen molar-refractivity contribution in [3.63, 3.8) is 0 Å². The molecule has 1 aromatic heterocycles. The number of hydrogen-bond donors (Lipinski definition) is 0. The van der Waals surface area contributed by atoms with Crippen LogP contribution in [-0.4, -0.2) is 11.2 Å². The van der Waals surface area contributed by atoms with E-state index in [9.17, 15) is 0 Å². The second-order valence-corrected chi connectivity index (χ2v) is 5.69. The molecule has 22 heavy (non-hydrogen) atoms. The van der Waals surface area contributed by atoms with Crippen molar-refractivity contribution in [3.8, 4) is 10.6 Å². The van der Waals surface area contributed by atoms with Gasteiger partial charge in [-0.2, -0.15) is 0 Å². The third-order valence-electron chi connectivity index (χ3n) is 3.22. The predicted octanol–water partition coefficient (Wildman–Crippen LogP) is 4.92. The average molecular weight is 308 g/mol. The van der Waals surface area contributed by atoms with Crippen molar-refractivity contribution in [2.75, 3.05) is 0 Å². The first-order chi connectivity index (χ1) is 10.8. The van der Waals surface area contributed by atoms with E-state index >= 15 is 0 Å². The highest BCUT2D eigenvalue weighted by atomic mass is 32.1. The Morgan fingerprint density at radius 2 is 1.73 bits per heavy atom. The lowest BCUT2D eigenvalue weighted by atomic mass is 10.1. The zero-order chi connectivity index (χ0) is 15.2. The zero-order valence-electron chi connectivity index (χ0n) is 12.2. The lowest BCUT2D eigenvalue weighted by Gasteiger charge is -2.08. The van der Waals surface area contributed by atoms with Crippen molar-refractivity contribution in [2.45, 2.75) is 13.0 Å². The van der Waals surface area contributed by atoms with Gasteiger partial charge < -0.3 is 4.84 Å². The molecule has 0 bridgehead atoms. The van der Waals surface area contributed by atoms with Crippen molar-refractivity contribution in [1.82, 2.24) is 4.98 Å². The molecule has 0 unspecified atom stereocenters. The van der Waals surface area contributed by atoms with Crippen LogP contribution < -0.4 is 0 Å². The summed E-state index contributed by atoms with van der Waals surface area (Å²) in [5.41, 5.74) is 3.03. The number of benzene rings is 2. The Hall–Kier alpha value is -2.46. The number of oxime groups is 1. The molecule has 0 radical (unpaired) electrons. The number of hydrogen-bond acceptors (Lipinski definition) is 4. The van der Waals surface area contributed by atoms with Gasteiger partial charge in [-0.05, 0) is 12.5 Å². The van der Waals surface area contributed by atoms with Gasteiger partial charge in [0.05, 0.1) is 11.9 Å². The third kappa shape index (κ3) is 3.59. The maximum Gasteiger partial charge on any atom is 0.149 e. The molecule has 2 aromatic carbocycles. The molecule has 0 aliphatic rings. The number of rotatable bonds is 5. The number of nitrogens with zero attached hydrogens (tertiary/aromatic N) is 2. The molecule has 4 heteroatoms. The molecule has 3 rings (SSSR count). The first kappa shape index (κ1) is 14.5. The lowest BCUT2D eigenvalue weighted by molar-refractivity contribution is 0.0736. The summed E-state index contributed by atoms with van der Waals surface area (Å²) in [4.78, 5) is 10.0. The molecular formula is C18H16N2OS. The van der Waals surface area contributed by atoms with Gasteiger partial charge in [-0.15, -0.1) is 11.3 Å². The number of aromatic nitrogens is 1. The van der Waals surface area contributed by atoms with Crippen molar-refractivity contribution in [2.24, 2.45) is 5.16 Å². The topological polar surface area (TPSA) is 34.5 Å². The van der Waals surface area contributed by atoms with Crippen molar-refractivity contribution < 1.29 is 4.84 Å². The molecule has 0 amide bonds. The molecule has 3 nitrogen and oxygen atoms in total. The highest BCUT2D eigenvalue weighted by Gasteiger charge is 2.05. The summed E-state index contributed by atoms with van der Waals surface area (Å²) in [6.07, 6.45) is 1.58. The molecule has 0 N–H and O–H groups in total. The molecule has 0 saturated carbocycles. The highest BCUT2D eigenvalue weighted by molar-refractivity contribution is 7.13. The van der Waals surface area contributed by atoms with Gasteiger partial charge in [0.1, 0.15) is 11.1 Å². The van der Waals surface area contributed by atoms with Crippen LogP contribution in [0.2, 0.25) is 0 Å². The first-order valence-corrected chi connectivity index (χ1v) is 7.96. The zero-order valence-corrected chi connectivity index (χ0v) is 13.0. The van der Waals surface area contributed by atoms with Crippen molar-refractivity contribution in [1.29, 1.82) is 0 Å². The number of thiazole rings is 1. The highest BCUT2D eigenvalue weighted by Crippen LogP contribution is 2.22. The summed E-state index contributed by atoms with van der Waals surface area (Å²) in [6, 6.07) is 20.1. The molecule has 1 atom stereocenters. The van der Waals surface area contributed by atoms with E-state index in [-0.39, 0.29) is 6.10 Å². The summed E-state index contributed by atoms with van der Waals surface area (Å²) >= 11 is 1.60. The largest absolute Gasteiger partial charge is 0.388 e. The van der Waals surface area contributed by atoms with Crippen LogP contribution in [0.25, 0.3) is 10.6 Å². The van der Waals surface area contributed by atoms with Gasteiger partial charge in [-0.25, -0.2) is 4.98 Å². The predicted molar refractivity (Wildman–Crippen MR) is 91.1 cm³/mol. The van der Waals surface area contributed by atoms with Crippen LogP contribution in [0.15, 0.2) is 71.2 Å². The van der Waals surface area contributed by atoms with Gasteiger partial charge >= 0.3 is 0 Å². The van der Waals surface area contributed by atoms with E-state index in [2.05, 4.69) is 10.1 Å². The van der Waals surface area contributed by atoms with Gasteiger partial charge in [0.2, 0.25) is 0 Å². The molecule has 0 spiro atoms. The Bertz CT molecular complexity index is 738. The fourth-order valence-corrected chi connectivity index (χ4v) is 2.80. The summed E-state index contributed by atoms with van der Waals surface area (Å²) in [5.74, 6) is 0. The molecule has 0 fully saturated rings. The average Bonchev–Trinajstić information content (AvgIpc) is 3.05. The summed E-state index contributed by atoms with van der Waals surface area (Å²) in [7, 11) is 0. The maximum absolute atomic E-state index is 5.48. The van der Waals surface area contributed by atoms with E-state index in [1.54, 1.807) is 17.6 Å². The molecule has 1 heterocycles. The van der Waals surface area contributed by atoms with Crippen molar-refractivity contribution >= 4 is 17.6 Å². The SMILES string of the molecule is C[C@@H](O/N=C/c1csc(-c2ccccc2)n1)c1ccccc1. The lowest BCUT2D eigenvalue weighted by Crippen LogP contribution is -1.95. The summed E-state index contributed by atoms with van der Waals surface area (Å²) in [5, 5.41) is 7.00. The standard InChI is InChI=1S/C18H16N2OS/c1-14(15-8-4-2-5-9-15)21-19-12-17-13-22-18(20-17)16-10-6-3-7-11-16/h2-14H,1H3/b19-12+/t14-/m1/s1. The third-order valence-corrected chi connectivity index (χ3v) is 4.13. The van der Waals surface area contributed by atoms with Crippen LogP contribution in [0.1, 0.15) is 24.3 Å². The summed E-state index contributed by atoms with van der Waals surface area (Å²) < 4.78 is 0. The smallest absolute Gasteiger partial charge is 0.149 e. The minimum absolute atomic E-state index is 0.0790. The van der Waals surface area contributed by atoms with Gasteiger partial charge in [-0.1, -0.05) is 65.8 Å². The van der Waals surface area contributed by atoms with E-state index in [1.165, 1.54) is 0 Å². The Balaban J connectivity index is 1.63.